The van der Waals surface area contributed by atoms with Crippen LogP contribution in [0.4, 0.5) is 0 Å². The molecule has 1 amide bonds. The quantitative estimate of drug-likeness (QED) is 0.822. The van der Waals surface area contributed by atoms with Crippen LogP contribution in [0.2, 0.25) is 0 Å². The van der Waals surface area contributed by atoms with Gasteiger partial charge in [0.05, 0.1) is 19.2 Å². The summed E-state index contributed by atoms with van der Waals surface area (Å²) in [4.78, 5) is 12.2. The van der Waals surface area contributed by atoms with Crippen molar-refractivity contribution in [1.82, 2.24) is 5.32 Å². The standard InChI is InChI=1S/C16H24N2O4/c1-12(22-14-5-3-4-13(10-14)20-2)11-18-15(19)16(17)6-8-21-9-7-16/h3-5,10,12H,6-9,11,17H2,1-2H3,(H,18,19). The van der Waals surface area contributed by atoms with Gasteiger partial charge in [0.25, 0.3) is 0 Å². The molecule has 1 fully saturated rings. The van der Waals surface area contributed by atoms with E-state index in [1.807, 2.05) is 25.1 Å². The summed E-state index contributed by atoms with van der Waals surface area (Å²) in [6, 6.07) is 7.37. The van der Waals surface area contributed by atoms with Crippen molar-refractivity contribution in [3.63, 3.8) is 0 Å². The normalized spacial score (nSPS) is 18.3. The number of methoxy groups -OCH3 is 1. The zero-order valence-corrected chi connectivity index (χ0v) is 13.1. The third-order valence-corrected chi connectivity index (χ3v) is 3.77. The molecule has 122 valence electrons. The van der Waals surface area contributed by atoms with Gasteiger partial charge in [-0.1, -0.05) is 6.07 Å². The van der Waals surface area contributed by atoms with E-state index in [0.29, 0.717) is 38.3 Å². The van der Waals surface area contributed by atoms with E-state index in [2.05, 4.69) is 5.32 Å². The Morgan fingerprint density at radius 2 is 2.09 bits per heavy atom. The van der Waals surface area contributed by atoms with Gasteiger partial charge in [0, 0.05) is 19.3 Å². The number of carbonyl (C=O) groups is 1. The van der Waals surface area contributed by atoms with Gasteiger partial charge in [0.2, 0.25) is 5.91 Å². The molecule has 0 saturated carbocycles. The molecule has 6 nitrogen and oxygen atoms in total. The number of hydrogen-bond acceptors (Lipinski definition) is 5. The number of nitrogens with two attached hydrogens (primary N) is 1. The molecular weight excluding hydrogens is 284 g/mol. The molecule has 1 aliphatic rings. The van der Waals surface area contributed by atoms with Gasteiger partial charge in [0.15, 0.2) is 0 Å². The van der Waals surface area contributed by atoms with E-state index < -0.39 is 5.54 Å². The van der Waals surface area contributed by atoms with Crippen LogP contribution < -0.4 is 20.5 Å². The van der Waals surface area contributed by atoms with Crippen molar-refractivity contribution in [3.05, 3.63) is 24.3 Å². The van der Waals surface area contributed by atoms with Crippen molar-refractivity contribution in [3.8, 4) is 11.5 Å². The zero-order valence-electron chi connectivity index (χ0n) is 13.1. The van der Waals surface area contributed by atoms with E-state index in [9.17, 15) is 4.79 Å². The Labute approximate surface area is 130 Å². The number of ether oxygens (including phenoxy) is 3. The fourth-order valence-electron chi connectivity index (χ4n) is 2.32. The lowest BCUT2D eigenvalue weighted by molar-refractivity contribution is -0.130. The highest BCUT2D eigenvalue weighted by molar-refractivity contribution is 5.86. The highest BCUT2D eigenvalue weighted by atomic mass is 16.5. The van der Waals surface area contributed by atoms with Gasteiger partial charge in [-0.05, 0) is 31.9 Å². The molecule has 1 aliphatic heterocycles. The Bertz CT molecular complexity index is 501. The number of benzene rings is 1. The zero-order chi connectivity index (χ0) is 16.0. The third kappa shape index (κ3) is 4.35. The molecule has 2 rings (SSSR count). The highest BCUT2D eigenvalue weighted by Crippen LogP contribution is 2.20. The van der Waals surface area contributed by atoms with Crippen LogP contribution >= 0.6 is 0 Å². The molecule has 1 aromatic rings. The molecule has 0 aliphatic carbocycles. The largest absolute Gasteiger partial charge is 0.497 e. The van der Waals surface area contributed by atoms with Gasteiger partial charge >= 0.3 is 0 Å². The second kappa shape index (κ2) is 7.47. The van der Waals surface area contributed by atoms with E-state index >= 15 is 0 Å². The summed E-state index contributed by atoms with van der Waals surface area (Å²) in [6.45, 7) is 3.35. The van der Waals surface area contributed by atoms with Crippen molar-refractivity contribution in [2.75, 3.05) is 26.9 Å². The Hall–Kier alpha value is -1.79. The van der Waals surface area contributed by atoms with Gasteiger partial charge in [-0.2, -0.15) is 0 Å². The van der Waals surface area contributed by atoms with Crippen molar-refractivity contribution < 1.29 is 19.0 Å². The van der Waals surface area contributed by atoms with Crippen LogP contribution in [0.15, 0.2) is 24.3 Å². The molecule has 3 N–H and O–H groups in total. The lowest BCUT2D eigenvalue weighted by Gasteiger charge is -2.32. The third-order valence-electron chi connectivity index (χ3n) is 3.77. The average molecular weight is 308 g/mol. The molecule has 1 unspecified atom stereocenters. The molecule has 1 saturated heterocycles. The van der Waals surface area contributed by atoms with Crippen LogP contribution in [-0.4, -0.2) is 44.4 Å². The van der Waals surface area contributed by atoms with Gasteiger partial charge in [-0.3, -0.25) is 4.79 Å². The Morgan fingerprint density at radius 1 is 1.41 bits per heavy atom. The number of hydrogen-bond donors (Lipinski definition) is 2. The molecular formula is C16H24N2O4. The topological polar surface area (TPSA) is 82.8 Å². The Morgan fingerprint density at radius 3 is 2.77 bits per heavy atom. The van der Waals surface area contributed by atoms with E-state index in [0.717, 1.165) is 5.75 Å². The van der Waals surface area contributed by atoms with Crippen LogP contribution in [0.5, 0.6) is 11.5 Å². The van der Waals surface area contributed by atoms with Crippen molar-refractivity contribution in [1.29, 1.82) is 0 Å². The summed E-state index contributed by atoms with van der Waals surface area (Å²) in [7, 11) is 1.61. The highest BCUT2D eigenvalue weighted by Gasteiger charge is 2.35. The molecule has 0 aromatic heterocycles. The molecule has 1 atom stereocenters. The lowest BCUT2D eigenvalue weighted by atomic mass is 9.90. The number of rotatable bonds is 6. The number of amides is 1. The van der Waals surface area contributed by atoms with Crippen molar-refractivity contribution in [2.45, 2.75) is 31.4 Å². The van der Waals surface area contributed by atoms with E-state index in [1.165, 1.54) is 0 Å². The lowest BCUT2D eigenvalue weighted by Crippen LogP contribution is -2.57. The van der Waals surface area contributed by atoms with Crippen LogP contribution in [0, 0.1) is 0 Å². The van der Waals surface area contributed by atoms with Crippen molar-refractivity contribution >= 4 is 5.91 Å². The predicted molar refractivity (Wildman–Crippen MR) is 83.1 cm³/mol. The van der Waals surface area contributed by atoms with Gasteiger partial charge in [0.1, 0.15) is 17.6 Å². The monoisotopic (exact) mass is 308 g/mol. The van der Waals surface area contributed by atoms with Crippen molar-refractivity contribution in [2.24, 2.45) is 5.73 Å². The SMILES string of the molecule is COc1cccc(OC(C)CNC(=O)C2(N)CCOCC2)c1. The molecule has 0 spiro atoms. The summed E-state index contributed by atoms with van der Waals surface area (Å²) in [5.41, 5.74) is 5.30. The molecule has 0 radical (unpaired) electrons. The summed E-state index contributed by atoms with van der Waals surface area (Å²) in [6.07, 6.45) is 0.924. The summed E-state index contributed by atoms with van der Waals surface area (Å²) in [5, 5.41) is 2.87. The van der Waals surface area contributed by atoms with Crippen LogP contribution in [0.1, 0.15) is 19.8 Å². The fourth-order valence-corrected chi connectivity index (χ4v) is 2.32. The first kappa shape index (κ1) is 16.6. The molecule has 0 bridgehead atoms. The average Bonchev–Trinajstić information content (AvgIpc) is 2.53. The minimum absolute atomic E-state index is 0.142. The minimum atomic E-state index is -0.825. The Balaban J connectivity index is 1.81. The second-order valence-corrected chi connectivity index (χ2v) is 5.59. The maximum atomic E-state index is 12.2. The van der Waals surface area contributed by atoms with Gasteiger partial charge in [-0.15, -0.1) is 0 Å². The Kier molecular flexibility index (Phi) is 5.63. The first-order valence-electron chi connectivity index (χ1n) is 7.49. The molecule has 6 heteroatoms. The van der Waals surface area contributed by atoms with Crippen LogP contribution in [0.3, 0.4) is 0 Å². The predicted octanol–water partition coefficient (Wildman–Crippen LogP) is 1.09. The summed E-state index contributed by atoms with van der Waals surface area (Å²) < 4.78 is 16.2. The maximum absolute atomic E-state index is 12.2. The van der Waals surface area contributed by atoms with Crippen LogP contribution in [0.25, 0.3) is 0 Å². The van der Waals surface area contributed by atoms with Gasteiger partial charge in [-0.25, -0.2) is 0 Å². The summed E-state index contributed by atoms with van der Waals surface area (Å²) in [5.74, 6) is 1.29. The fraction of sp³-hybridized carbons (Fsp3) is 0.562. The van der Waals surface area contributed by atoms with E-state index in [-0.39, 0.29) is 12.0 Å². The first-order valence-corrected chi connectivity index (χ1v) is 7.49. The first-order chi connectivity index (χ1) is 10.5. The molecule has 1 aromatic carbocycles. The maximum Gasteiger partial charge on any atom is 0.240 e. The smallest absolute Gasteiger partial charge is 0.240 e. The second-order valence-electron chi connectivity index (χ2n) is 5.59. The number of nitrogens with one attached hydrogen (secondary N) is 1. The minimum Gasteiger partial charge on any atom is -0.497 e. The van der Waals surface area contributed by atoms with Gasteiger partial charge < -0.3 is 25.3 Å². The molecule has 22 heavy (non-hydrogen) atoms. The van der Waals surface area contributed by atoms with Crippen LogP contribution in [-0.2, 0) is 9.53 Å². The number of carbonyl (C=O) groups excluding carboxylic acids is 1. The summed E-state index contributed by atoms with van der Waals surface area (Å²) >= 11 is 0. The van der Waals surface area contributed by atoms with E-state index in [4.69, 9.17) is 19.9 Å². The molecule has 1 heterocycles. The van der Waals surface area contributed by atoms with E-state index in [1.54, 1.807) is 13.2 Å².